The van der Waals surface area contributed by atoms with Crippen LogP contribution in [0.5, 0.6) is 5.75 Å². The van der Waals surface area contributed by atoms with Gasteiger partial charge in [-0.1, -0.05) is 25.1 Å². The summed E-state index contributed by atoms with van der Waals surface area (Å²) in [5.41, 5.74) is 0.983. The van der Waals surface area contributed by atoms with Crippen molar-refractivity contribution in [3.63, 3.8) is 0 Å². The van der Waals surface area contributed by atoms with Gasteiger partial charge in [0.15, 0.2) is 0 Å². The molecule has 1 aromatic carbocycles. The number of nitrogens with one attached hydrogen (secondary N) is 1. The van der Waals surface area contributed by atoms with Crippen LogP contribution in [0, 0.1) is 0 Å². The molecule has 0 heterocycles. The predicted molar refractivity (Wildman–Crippen MR) is 70.8 cm³/mol. The molecule has 0 aliphatic heterocycles. The summed E-state index contributed by atoms with van der Waals surface area (Å²) in [6, 6.07) is 7.45. The van der Waals surface area contributed by atoms with Crippen LogP contribution in [-0.2, 0) is 11.3 Å². The normalized spacial score (nSPS) is 11.6. The summed E-state index contributed by atoms with van der Waals surface area (Å²) in [5, 5.41) is 3.25. The third kappa shape index (κ3) is 7.35. The average Bonchev–Trinajstić information content (AvgIpc) is 2.39. The standard InChI is InChI=1S/C14H20F3NO2/c1-2-7-18-10-12-5-3-4-6-13(12)20-9-8-19-11-14(15,16)17/h3-6,18H,2,7-11H2,1H3. The Balaban J connectivity index is 2.32. The summed E-state index contributed by atoms with van der Waals surface area (Å²) in [4.78, 5) is 0. The summed E-state index contributed by atoms with van der Waals surface area (Å²) >= 11 is 0. The Kier molecular flexibility index (Phi) is 7.40. The minimum atomic E-state index is -4.29. The van der Waals surface area contributed by atoms with Crippen molar-refractivity contribution in [1.29, 1.82) is 0 Å². The van der Waals surface area contributed by atoms with E-state index in [4.69, 9.17) is 4.74 Å². The third-order valence-corrected chi connectivity index (χ3v) is 2.47. The van der Waals surface area contributed by atoms with E-state index in [0.717, 1.165) is 18.5 Å². The van der Waals surface area contributed by atoms with Crippen LogP contribution in [0.25, 0.3) is 0 Å². The van der Waals surface area contributed by atoms with Gasteiger partial charge < -0.3 is 14.8 Å². The topological polar surface area (TPSA) is 30.5 Å². The van der Waals surface area contributed by atoms with Gasteiger partial charge in [0.05, 0.1) is 6.61 Å². The summed E-state index contributed by atoms with van der Waals surface area (Å²) in [6.45, 7) is 2.43. The summed E-state index contributed by atoms with van der Waals surface area (Å²) in [5.74, 6) is 0.673. The first-order chi connectivity index (χ1) is 9.53. The van der Waals surface area contributed by atoms with Crippen molar-refractivity contribution in [1.82, 2.24) is 5.32 Å². The molecule has 114 valence electrons. The van der Waals surface area contributed by atoms with E-state index in [9.17, 15) is 13.2 Å². The van der Waals surface area contributed by atoms with Gasteiger partial charge in [0.2, 0.25) is 0 Å². The van der Waals surface area contributed by atoms with Crippen LogP contribution in [0.2, 0.25) is 0 Å². The number of ether oxygens (including phenoxy) is 2. The molecule has 0 fully saturated rings. The second kappa shape index (κ2) is 8.81. The van der Waals surface area contributed by atoms with Crippen molar-refractivity contribution in [2.24, 2.45) is 0 Å². The monoisotopic (exact) mass is 291 g/mol. The summed E-state index contributed by atoms with van der Waals surface area (Å²) in [6.07, 6.45) is -3.25. The smallest absolute Gasteiger partial charge is 0.411 e. The highest BCUT2D eigenvalue weighted by Gasteiger charge is 2.27. The molecule has 0 aliphatic carbocycles. The number of hydrogen-bond donors (Lipinski definition) is 1. The molecule has 1 N–H and O–H groups in total. The van der Waals surface area contributed by atoms with E-state index in [1.165, 1.54) is 0 Å². The molecule has 0 unspecified atom stereocenters. The molecule has 1 aromatic rings. The molecule has 0 atom stereocenters. The molecular formula is C14H20F3NO2. The van der Waals surface area contributed by atoms with Crippen LogP contribution in [-0.4, -0.2) is 32.5 Å². The van der Waals surface area contributed by atoms with E-state index in [-0.39, 0.29) is 13.2 Å². The fourth-order valence-corrected chi connectivity index (χ4v) is 1.59. The quantitative estimate of drug-likeness (QED) is 0.709. The molecular weight excluding hydrogens is 271 g/mol. The molecule has 0 saturated heterocycles. The van der Waals surface area contributed by atoms with E-state index in [1.54, 1.807) is 6.07 Å². The Morgan fingerprint density at radius 3 is 2.60 bits per heavy atom. The second-order valence-corrected chi connectivity index (χ2v) is 4.30. The molecule has 6 heteroatoms. The van der Waals surface area contributed by atoms with Gasteiger partial charge in [-0.05, 0) is 19.0 Å². The molecule has 1 rings (SSSR count). The zero-order chi connectivity index (χ0) is 14.8. The highest BCUT2D eigenvalue weighted by atomic mass is 19.4. The minimum Gasteiger partial charge on any atom is -0.491 e. The zero-order valence-corrected chi connectivity index (χ0v) is 11.5. The number of para-hydroxylation sites is 1. The first kappa shape index (κ1) is 16.8. The fourth-order valence-electron chi connectivity index (χ4n) is 1.59. The van der Waals surface area contributed by atoms with E-state index in [0.29, 0.717) is 12.3 Å². The van der Waals surface area contributed by atoms with Crippen molar-refractivity contribution in [3.05, 3.63) is 29.8 Å². The van der Waals surface area contributed by atoms with Crippen molar-refractivity contribution >= 4 is 0 Å². The summed E-state index contributed by atoms with van der Waals surface area (Å²) < 4.78 is 45.5. The predicted octanol–water partition coefficient (Wildman–Crippen LogP) is 3.14. The Bertz CT molecular complexity index is 383. The van der Waals surface area contributed by atoms with E-state index < -0.39 is 12.8 Å². The molecule has 3 nitrogen and oxygen atoms in total. The Hall–Kier alpha value is -1.27. The van der Waals surface area contributed by atoms with Crippen LogP contribution in [0.4, 0.5) is 13.2 Å². The lowest BCUT2D eigenvalue weighted by Gasteiger charge is -2.12. The Morgan fingerprint density at radius 2 is 1.90 bits per heavy atom. The van der Waals surface area contributed by atoms with Gasteiger partial charge in [0, 0.05) is 12.1 Å². The van der Waals surface area contributed by atoms with E-state index >= 15 is 0 Å². The van der Waals surface area contributed by atoms with Crippen molar-refractivity contribution in [2.45, 2.75) is 26.1 Å². The van der Waals surface area contributed by atoms with E-state index in [1.807, 2.05) is 18.2 Å². The Morgan fingerprint density at radius 1 is 1.15 bits per heavy atom. The highest BCUT2D eigenvalue weighted by molar-refractivity contribution is 5.33. The van der Waals surface area contributed by atoms with Crippen LogP contribution in [0.15, 0.2) is 24.3 Å². The lowest BCUT2D eigenvalue weighted by molar-refractivity contribution is -0.175. The lowest BCUT2D eigenvalue weighted by atomic mass is 10.2. The largest absolute Gasteiger partial charge is 0.491 e. The van der Waals surface area contributed by atoms with Gasteiger partial charge >= 0.3 is 6.18 Å². The lowest BCUT2D eigenvalue weighted by Crippen LogP contribution is -2.20. The molecule has 0 aliphatic rings. The maximum Gasteiger partial charge on any atom is 0.411 e. The van der Waals surface area contributed by atoms with Gasteiger partial charge in [0.1, 0.15) is 19.0 Å². The average molecular weight is 291 g/mol. The van der Waals surface area contributed by atoms with E-state index in [2.05, 4.69) is 17.0 Å². The number of halogens is 3. The SMILES string of the molecule is CCCNCc1ccccc1OCCOCC(F)(F)F. The van der Waals surface area contributed by atoms with Gasteiger partial charge in [0.25, 0.3) is 0 Å². The van der Waals surface area contributed by atoms with Gasteiger partial charge in [-0.3, -0.25) is 0 Å². The van der Waals surface area contributed by atoms with Gasteiger partial charge in [-0.25, -0.2) is 0 Å². The fraction of sp³-hybridized carbons (Fsp3) is 0.571. The van der Waals surface area contributed by atoms with Crippen molar-refractivity contribution < 1.29 is 22.6 Å². The number of benzene rings is 1. The molecule has 0 spiro atoms. The first-order valence-corrected chi connectivity index (χ1v) is 6.59. The molecule has 20 heavy (non-hydrogen) atoms. The number of hydrogen-bond acceptors (Lipinski definition) is 3. The van der Waals surface area contributed by atoms with Crippen LogP contribution < -0.4 is 10.1 Å². The van der Waals surface area contributed by atoms with Crippen LogP contribution >= 0.6 is 0 Å². The number of rotatable bonds is 9. The Labute approximate surface area is 117 Å². The van der Waals surface area contributed by atoms with Crippen molar-refractivity contribution in [3.8, 4) is 5.75 Å². The molecule has 0 bridgehead atoms. The van der Waals surface area contributed by atoms with Crippen molar-refractivity contribution in [2.75, 3.05) is 26.4 Å². The molecule has 0 amide bonds. The molecule has 0 radical (unpaired) electrons. The summed E-state index contributed by atoms with van der Waals surface area (Å²) in [7, 11) is 0. The third-order valence-electron chi connectivity index (χ3n) is 2.47. The molecule has 0 aromatic heterocycles. The van der Waals surface area contributed by atoms with Gasteiger partial charge in [-0.15, -0.1) is 0 Å². The minimum absolute atomic E-state index is 0.0871. The highest BCUT2D eigenvalue weighted by Crippen LogP contribution is 2.18. The zero-order valence-electron chi connectivity index (χ0n) is 11.5. The maximum absolute atomic E-state index is 11.9. The molecule has 0 saturated carbocycles. The first-order valence-electron chi connectivity index (χ1n) is 6.59. The van der Waals surface area contributed by atoms with Gasteiger partial charge in [-0.2, -0.15) is 13.2 Å². The second-order valence-electron chi connectivity index (χ2n) is 4.30. The van der Waals surface area contributed by atoms with Crippen LogP contribution in [0.1, 0.15) is 18.9 Å². The maximum atomic E-state index is 11.9. The van der Waals surface area contributed by atoms with Crippen LogP contribution in [0.3, 0.4) is 0 Å². The number of alkyl halides is 3.